The van der Waals surface area contributed by atoms with Gasteiger partial charge >= 0.3 is 0 Å². The number of carbonyl (C=O) groups excluding carboxylic acids is 1. The number of thioether (sulfide) groups is 1. The van der Waals surface area contributed by atoms with Crippen molar-refractivity contribution >= 4 is 23.1 Å². The second-order valence-corrected chi connectivity index (χ2v) is 4.58. The van der Waals surface area contributed by atoms with E-state index >= 15 is 0 Å². The van der Waals surface area contributed by atoms with Crippen molar-refractivity contribution in [2.75, 3.05) is 6.26 Å². The summed E-state index contributed by atoms with van der Waals surface area (Å²) in [6.45, 7) is 0. The zero-order valence-electron chi connectivity index (χ0n) is 8.82. The summed E-state index contributed by atoms with van der Waals surface area (Å²) in [7, 11) is 0. The Kier molecular flexibility index (Phi) is 3.27. The highest BCUT2D eigenvalue weighted by Crippen LogP contribution is 2.26. The Morgan fingerprint density at radius 1 is 1.13 bits per heavy atom. The zero-order valence-corrected chi connectivity index (χ0v) is 9.64. The molecule has 1 nitrogen and oxygen atoms in total. The molecule has 0 bridgehead atoms. The van der Waals surface area contributed by atoms with Gasteiger partial charge in [0.05, 0.1) is 0 Å². The molecular formula is C13H14OS. The van der Waals surface area contributed by atoms with Crippen molar-refractivity contribution in [2.45, 2.75) is 24.2 Å². The van der Waals surface area contributed by atoms with Crippen LogP contribution in [0.2, 0.25) is 0 Å². The van der Waals surface area contributed by atoms with Gasteiger partial charge < -0.3 is 0 Å². The molecule has 1 aliphatic carbocycles. The first-order chi connectivity index (χ1) is 7.29. The van der Waals surface area contributed by atoms with Crippen LogP contribution < -0.4 is 0 Å². The largest absolute Gasteiger partial charge is 0.299 e. The molecule has 0 spiro atoms. The maximum absolute atomic E-state index is 11.1. The molecule has 15 heavy (non-hydrogen) atoms. The molecule has 2 heteroatoms. The number of carbonyl (C=O) groups is 1. The lowest BCUT2D eigenvalue weighted by atomic mass is 9.93. The maximum Gasteiger partial charge on any atom is 0.137 e. The average molecular weight is 218 g/mol. The minimum Gasteiger partial charge on any atom is -0.299 e. The van der Waals surface area contributed by atoms with Crippen LogP contribution >= 0.6 is 11.8 Å². The Morgan fingerprint density at radius 2 is 1.87 bits per heavy atom. The van der Waals surface area contributed by atoms with E-state index in [-0.39, 0.29) is 0 Å². The summed E-state index contributed by atoms with van der Waals surface area (Å²) >= 11 is 1.75. The van der Waals surface area contributed by atoms with Crippen LogP contribution in [0.1, 0.15) is 24.8 Å². The Hall–Kier alpha value is -1.02. The molecule has 0 saturated carbocycles. The summed E-state index contributed by atoms with van der Waals surface area (Å²) in [4.78, 5) is 12.4. The summed E-state index contributed by atoms with van der Waals surface area (Å²) < 4.78 is 0. The fourth-order valence-electron chi connectivity index (χ4n) is 1.78. The smallest absolute Gasteiger partial charge is 0.137 e. The van der Waals surface area contributed by atoms with E-state index in [1.54, 1.807) is 11.8 Å². The first-order valence-electron chi connectivity index (χ1n) is 5.15. The van der Waals surface area contributed by atoms with Crippen molar-refractivity contribution in [3.8, 4) is 0 Å². The third-order valence-electron chi connectivity index (χ3n) is 2.71. The van der Waals surface area contributed by atoms with Gasteiger partial charge in [0.2, 0.25) is 0 Å². The predicted molar refractivity (Wildman–Crippen MR) is 65.1 cm³/mol. The highest BCUT2D eigenvalue weighted by Gasteiger charge is 2.11. The minimum absolute atomic E-state index is 0.361. The molecule has 0 unspecified atom stereocenters. The van der Waals surface area contributed by atoms with Crippen molar-refractivity contribution in [3.05, 3.63) is 35.9 Å². The number of rotatable bonds is 2. The van der Waals surface area contributed by atoms with Crippen molar-refractivity contribution in [2.24, 2.45) is 0 Å². The number of hydrogen-bond acceptors (Lipinski definition) is 2. The zero-order chi connectivity index (χ0) is 10.7. The first-order valence-corrected chi connectivity index (χ1v) is 6.37. The molecule has 0 heterocycles. The molecule has 0 aliphatic heterocycles. The van der Waals surface area contributed by atoms with Crippen LogP contribution in [-0.4, -0.2) is 12.0 Å². The highest BCUT2D eigenvalue weighted by molar-refractivity contribution is 7.98. The van der Waals surface area contributed by atoms with E-state index in [1.807, 2.05) is 0 Å². The maximum atomic E-state index is 11.1. The second-order valence-electron chi connectivity index (χ2n) is 3.70. The minimum atomic E-state index is 0.361. The molecule has 2 rings (SSSR count). The van der Waals surface area contributed by atoms with E-state index in [2.05, 4.69) is 36.6 Å². The predicted octanol–water partition coefficient (Wildman–Crippen LogP) is 3.54. The lowest BCUT2D eigenvalue weighted by Gasteiger charge is -2.12. The molecule has 1 aromatic carbocycles. The van der Waals surface area contributed by atoms with Crippen molar-refractivity contribution < 1.29 is 4.79 Å². The Balaban J connectivity index is 2.19. The molecule has 0 saturated heterocycles. The van der Waals surface area contributed by atoms with Gasteiger partial charge in [-0.2, -0.15) is 0 Å². The van der Waals surface area contributed by atoms with Crippen LogP contribution in [-0.2, 0) is 4.79 Å². The summed E-state index contributed by atoms with van der Waals surface area (Å²) in [6, 6.07) is 8.56. The lowest BCUT2D eigenvalue weighted by molar-refractivity contribution is -0.118. The topological polar surface area (TPSA) is 17.1 Å². The quantitative estimate of drug-likeness (QED) is 0.706. The fraction of sp³-hybridized carbons (Fsp3) is 0.308. The third kappa shape index (κ3) is 2.51. The van der Waals surface area contributed by atoms with Gasteiger partial charge in [0.15, 0.2) is 0 Å². The fourth-order valence-corrected chi connectivity index (χ4v) is 2.19. The van der Waals surface area contributed by atoms with Gasteiger partial charge in [0, 0.05) is 17.7 Å². The van der Waals surface area contributed by atoms with Gasteiger partial charge in [-0.15, -0.1) is 11.8 Å². The standard InChI is InChI=1S/C13H14OS/c1-15-13-8-4-11(5-9-13)10-2-6-12(14)7-3-10/h2,4-5,8-9H,3,6-7H2,1H3. The summed E-state index contributed by atoms with van der Waals surface area (Å²) in [5.41, 5.74) is 2.59. The van der Waals surface area contributed by atoms with Crippen LogP contribution in [0.4, 0.5) is 0 Å². The summed E-state index contributed by atoms with van der Waals surface area (Å²) in [6.07, 6.45) is 6.36. The lowest BCUT2D eigenvalue weighted by Crippen LogP contribution is -2.02. The Morgan fingerprint density at radius 3 is 2.40 bits per heavy atom. The number of hydrogen-bond donors (Lipinski definition) is 0. The normalized spacial score (nSPS) is 16.3. The van der Waals surface area contributed by atoms with Gasteiger partial charge in [-0.3, -0.25) is 4.79 Å². The Bertz CT molecular complexity index is 390. The molecule has 0 radical (unpaired) electrons. The molecule has 1 aromatic rings. The Labute approximate surface area is 94.6 Å². The molecule has 78 valence electrons. The van der Waals surface area contributed by atoms with E-state index in [9.17, 15) is 4.79 Å². The van der Waals surface area contributed by atoms with Gasteiger partial charge in [0.1, 0.15) is 5.78 Å². The van der Waals surface area contributed by atoms with Gasteiger partial charge in [0.25, 0.3) is 0 Å². The van der Waals surface area contributed by atoms with Gasteiger partial charge in [-0.1, -0.05) is 18.2 Å². The van der Waals surface area contributed by atoms with E-state index in [0.717, 1.165) is 6.42 Å². The average Bonchev–Trinajstić information content (AvgIpc) is 2.30. The van der Waals surface area contributed by atoms with E-state index in [4.69, 9.17) is 0 Å². The third-order valence-corrected chi connectivity index (χ3v) is 3.45. The summed E-state index contributed by atoms with van der Waals surface area (Å²) in [5.74, 6) is 0.361. The number of ketones is 1. The molecule has 0 aromatic heterocycles. The van der Waals surface area contributed by atoms with Crippen molar-refractivity contribution in [3.63, 3.8) is 0 Å². The molecule has 0 atom stereocenters. The van der Waals surface area contributed by atoms with Crippen LogP contribution in [0.15, 0.2) is 35.2 Å². The monoisotopic (exact) mass is 218 g/mol. The van der Waals surface area contributed by atoms with E-state index < -0.39 is 0 Å². The highest BCUT2D eigenvalue weighted by atomic mass is 32.2. The van der Waals surface area contributed by atoms with E-state index in [1.165, 1.54) is 16.0 Å². The van der Waals surface area contributed by atoms with Crippen LogP contribution in [0.5, 0.6) is 0 Å². The number of Topliss-reactive ketones (excluding diaryl/α,β-unsaturated/α-hetero) is 1. The van der Waals surface area contributed by atoms with Crippen LogP contribution in [0.25, 0.3) is 5.57 Å². The number of allylic oxidation sites excluding steroid dienone is 2. The first kappa shape index (κ1) is 10.5. The second kappa shape index (κ2) is 4.67. The van der Waals surface area contributed by atoms with Gasteiger partial charge in [-0.05, 0) is 35.9 Å². The molecule has 0 fully saturated rings. The van der Waals surface area contributed by atoms with Gasteiger partial charge in [-0.25, -0.2) is 0 Å². The molecule has 1 aliphatic rings. The van der Waals surface area contributed by atoms with E-state index in [0.29, 0.717) is 18.6 Å². The number of benzene rings is 1. The molecule has 0 N–H and O–H groups in total. The van der Waals surface area contributed by atoms with Crippen molar-refractivity contribution in [1.29, 1.82) is 0 Å². The van der Waals surface area contributed by atoms with Crippen LogP contribution in [0.3, 0.4) is 0 Å². The summed E-state index contributed by atoms with van der Waals surface area (Å²) in [5, 5.41) is 0. The van der Waals surface area contributed by atoms with Crippen LogP contribution in [0, 0.1) is 0 Å². The molecular weight excluding hydrogens is 204 g/mol. The SMILES string of the molecule is CSc1ccc(C2=CCC(=O)CC2)cc1. The molecule has 0 amide bonds. The van der Waals surface area contributed by atoms with Crippen molar-refractivity contribution in [1.82, 2.24) is 0 Å².